The van der Waals surface area contributed by atoms with Crippen LogP contribution in [0.3, 0.4) is 0 Å². The predicted octanol–water partition coefficient (Wildman–Crippen LogP) is 2.11. The Hall–Kier alpha value is -0.120. The highest BCUT2D eigenvalue weighted by Gasteiger charge is 2.39. The van der Waals surface area contributed by atoms with E-state index in [0.717, 1.165) is 19.7 Å². The summed E-state index contributed by atoms with van der Waals surface area (Å²) >= 11 is 0. The van der Waals surface area contributed by atoms with Gasteiger partial charge in [-0.2, -0.15) is 0 Å². The third kappa shape index (κ3) is 3.94. The molecule has 102 valence electrons. The zero-order valence-electron chi connectivity index (χ0n) is 12.2. The molecule has 0 heterocycles. The van der Waals surface area contributed by atoms with Crippen molar-refractivity contribution in [3.63, 3.8) is 0 Å². The van der Waals surface area contributed by atoms with Crippen molar-refractivity contribution in [2.24, 2.45) is 17.1 Å². The van der Waals surface area contributed by atoms with Crippen molar-refractivity contribution in [2.45, 2.75) is 52.6 Å². The number of nitrogens with zero attached hydrogens (tertiary/aromatic N) is 1. The average molecular weight is 242 g/mol. The Morgan fingerprint density at radius 1 is 1.41 bits per heavy atom. The number of methoxy groups -OCH3 is 1. The van der Waals surface area contributed by atoms with Crippen molar-refractivity contribution < 1.29 is 4.74 Å². The maximum atomic E-state index is 6.38. The highest BCUT2D eigenvalue weighted by Crippen LogP contribution is 2.40. The molecule has 0 aromatic carbocycles. The maximum absolute atomic E-state index is 6.38. The largest absolute Gasteiger partial charge is 0.383 e. The van der Waals surface area contributed by atoms with E-state index in [-0.39, 0.29) is 0 Å². The molecule has 0 aromatic heterocycles. The van der Waals surface area contributed by atoms with E-state index in [9.17, 15) is 0 Å². The van der Waals surface area contributed by atoms with Crippen LogP contribution in [0.4, 0.5) is 0 Å². The van der Waals surface area contributed by atoms with Gasteiger partial charge in [-0.15, -0.1) is 0 Å². The van der Waals surface area contributed by atoms with Crippen LogP contribution in [0.25, 0.3) is 0 Å². The van der Waals surface area contributed by atoms with E-state index in [2.05, 4.69) is 32.6 Å². The Balaban J connectivity index is 2.50. The molecule has 1 saturated carbocycles. The van der Waals surface area contributed by atoms with Gasteiger partial charge in [-0.25, -0.2) is 0 Å². The van der Waals surface area contributed by atoms with Gasteiger partial charge in [0.25, 0.3) is 0 Å². The van der Waals surface area contributed by atoms with E-state index in [1.165, 1.54) is 12.8 Å². The van der Waals surface area contributed by atoms with E-state index >= 15 is 0 Å². The van der Waals surface area contributed by atoms with Crippen molar-refractivity contribution in [1.29, 1.82) is 0 Å². The van der Waals surface area contributed by atoms with Crippen molar-refractivity contribution in [1.82, 2.24) is 4.90 Å². The standard InChI is InChI=1S/C14H30N2O/c1-11(2)16(8-9-17-5)10-12-6-7-14(3,4)13(12)15/h11-13H,6-10,15H2,1-5H3. The van der Waals surface area contributed by atoms with Crippen LogP contribution in [-0.4, -0.2) is 43.8 Å². The van der Waals surface area contributed by atoms with Crippen LogP contribution < -0.4 is 5.73 Å². The Kier molecular flexibility index (Phi) is 5.42. The Morgan fingerprint density at radius 3 is 2.47 bits per heavy atom. The zero-order chi connectivity index (χ0) is 13.1. The first-order valence-corrected chi connectivity index (χ1v) is 6.87. The van der Waals surface area contributed by atoms with Gasteiger partial charge in [0, 0.05) is 32.3 Å². The molecule has 1 aliphatic rings. The van der Waals surface area contributed by atoms with Gasteiger partial charge >= 0.3 is 0 Å². The van der Waals surface area contributed by atoms with Gasteiger partial charge in [-0.1, -0.05) is 13.8 Å². The van der Waals surface area contributed by atoms with Crippen molar-refractivity contribution >= 4 is 0 Å². The molecule has 0 aliphatic heterocycles. The molecule has 0 bridgehead atoms. The van der Waals surface area contributed by atoms with Crippen LogP contribution >= 0.6 is 0 Å². The van der Waals surface area contributed by atoms with E-state index in [4.69, 9.17) is 10.5 Å². The molecule has 0 saturated heterocycles. The van der Waals surface area contributed by atoms with Crippen molar-refractivity contribution in [2.75, 3.05) is 26.8 Å². The lowest BCUT2D eigenvalue weighted by Gasteiger charge is -2.33. The molecule has 3 heteroatoms. The minimum Gasteiger partial charge on any atom is -0.383 e. The maximum Gasteiger partial charge on any atom is 0.0589 e. The van der Waals surface area contributed by atoms with Crippen LogP contribution in [0.1, 0.15) is 40.5 Å². The average Bonchev–Trinajstić information content (AvgIpc) is 2.50. The lowest BCUT2D eigenvalue weighted by molar-refractivity contribution is 0.111. The molecule has 0 radical (unpaired) electrons. The monoisotopic (exact) mass is 242 g/mol. The third-order valence-corrected chi connectivity index (χ3v) is 4.35. The fourth-order valence-corrected chi connectivity index (χ4v) is 2.82. The number of ether oxygens (including phenoxy) is 1. The molecule has 2 unspecified atom stereocenters. The van der Waals surface area contributed by atoms with Gasteiger partial charge < -0.3 is 10.5 Å². The zero-order valence-corrected chi connectivity index (χ0v) is 12.2. The molecule has 1 rings (SSSR count). The topological polar surface area (TPSA) is 38.5 Å². The number of rotatable bonds is 6. The predicted molar refractivity (Wildman–Crippen MR) is 73.1 cm³/mol. The second-order valence-corrected chi connectivity index (χ2v) is 6.39. The van der Waals surface area contributed by atoms with Crippen LogP contribution in [0.15, 0.2) is 0 Å². The molecule has 3 nitrogen and oxygen atoms in total. The van der Waals surface area contributed by atoms with Gasteiger partial charge in [0.05, 0.1) is 6.61 Å². The van der Waals surface area contributed by atoms with E-state index in [1.807, 2.05) is 0 Å². The molecule has 2 atom stereocenters. The minimum absolute atomic E-state index is 0.314. The summed E-state index contributed by atoms with van der Waals surface area (Å²) in [5, 5.41) is 0. The fourth-order valence-electron chi connectivity index (χ4n) is 2.82. The number of nitrogens with two attached hydrogens (primary N) is 1. The van der Waals surface area contributed by atoms with Crippen LogP contribution in [0.2, 0.25) is 0 Å². The molecule has 0 aromatic rings. The summed E-state index contributed by atoms with van der Waals surface area (Å²) in [6, 6.07) is 0.910. The number of hydrogen-bond acceptors (Lipinski definition) is 3. The van der Waals surface area contributed by atoms with Gasteiger partial charge in [-0.05, 0) is 38.0 Å². The lowest BCUT2D eigenvalue weighted by atomic mass is 9.85. The normalized spacial score (nSPS) is 28.2. The lowest BCUT2D eigenvalue weighted by Crippen LogP contribution is -2.44. The summed E-state index contributed by atoms with van der Waals surface area (Å²) < 4.78 is 5.18. The summed E-state index contributed by atoms with van der Waals surface area (Å²) in [6.45, 7) is 12.0. The van der Waals surface area contributed by atoms with Crippen LogP contribution in [-0.2, 0) is 4.74 Å². The van der Waals surface area contributed by atoms with Gasteiger partial charge in [0.15, 0.2) is 0 Å². The molecule has 17 heavy (non-hydrogen) atoms. The second kappa shape index (κ2) is 6.17. The minimum atomic E-state index is 0.314. The highest BCUT2D eigenvalue weighted by atomic mass is 16.5. The van der Waals surface area contributed by atoms with E-state index < -0.39 is 0 Å². The van der Waals surface area contributed by atoms with E-state index in [1.54, 1.807) is 7.11 Å². The van der Waals surface area contributed by atoms with Gasteiger partial charge in [-0.3, -0.25) is 4.90 Å². The van der Waals surface area contributed by atoms with E-state index in [0.29, 0.717) is 23.4 Å². The first kappa shape index (κ1) is 14.9. The Labute approximate surface area is 107 Å². The Morgan fingerprint density at radius 2 is 2.06 bits per heavy atom. The molecule has 2 N–H and O–H groups in total. The van der Waals surface area contributed by atoms with Gasteiger partial charge in [0.1, 0.15) is 0 Å². The summed E-state index contributed by atoms with van der Waals surface area (Å²) in [6.07, 6.45) is 2.53. The quantitative estimate of drug-likeness (QED) is 0.775. The summed E-state index contributed by atoms with van der Waals surface area (Å²) in [5.74, 6) is 0.643. The SMILES string of the molecule is COCCN(CC1CCC(C)(C)C1N)C(C)C. The first-order valence-electron chi connectivity index (χ1n) is 6.87. The van der Waals surface area contributed by atoms with Crippen LogP contribution in [0.5, 0.6) is 0 Å². The second-order valence-electron chi connectivity index (χ2n) is 6.39. The highest BCUT2D eigenvalue weighted by molar-refractivity contribution is 4.95. The summed E-state index contributed by atoms with van der Waals surface area (Å²) in [4.78, 5) is 2.50. The number of hydrogen-bond donors (Lipinski definition) is 1. The molecule has 0 amide bonds. The molecule has 1 aliphatic carbocycles. The smallest absolute Gasteiger partial charge is 0.0589 e. The molecular formula is C14H30N2O. The first-order chi connectivity index (χ1) is 7.88. The fraction of sp³-hybridized carbons (Fsp3) is 1.00. The Bertz CT molecular complexity index is 228. The summed E-state index contributed by atoms with van der Waals surface area (Å²) in [7, 11) is 1.77. The molecule has 1 fully saturated rings. The molecular weight excluding hydrogens is 212 g/mol. The summed E-state index contributed by atoms with van der Waals surface area (Å²) in [5.41, 5.74) is 6.69. The van der Waals surface area contributed by atoms with Crippen molar-refractivity contribution in [3.05, 3.63) is 0 Å². The molecule has 0 spiro atoms. The third-order valence-electron chi connectivity index (χ3n) is 4.35. The van der Waals surface area contributed by atoms with Gasteiger partial charge in [0.2, 0.25) is 0 Å². The van der Waals surface area contributed by atoms with Crippen LogP contribution in [0, 0.1) is 11.3 Å². The van der Waals surface area contributed by atoms with Crippen molar-refractivity contribution in [3.8, 4) is 0 Å².